The zero-order valence-electron chi connectivity index (χ0n) is 15.9. The summed E-state index contributed by atoms with van der Waals surface area (Å²) in [6.45, 7) is 20.5. The van der Waals surface area contributed by atoms with E-state index in [2.05, 4.69) is 31.0 Å². The van der Waals surface area contributed by atoms with Crippen molar-refractivity contribution in [3.05, 3.63) is 0 Å². The molecular formula is C18H38N2O2. The lowest BCUT2D eigenvalue weighted by molar-refractivity contribution is -0.154. The molecule has 1 heterocycles. The van der Waals surface area contributed by atoms with Crippen LogP contribution >= 0.6 is 0 Å². The summed E-state index contributed by atoms with van der Waals surface area (Å²) in [7, 11) is 0. The highest BCUT2D eigenvalue weighted by atomic mass is 16.6. The summed E-state index contributed by atoms with van der Waals surface area (Å²) in [4.78, 5) is 13.2. The van der Waals surface area contributed by atoms with Gasteiger partial charge in [-0.2, -0.15) is 0 Å². The van der Waals surface area contributed by atoms with Crippen LogP contribution in [0.2, 0.25) is 0 Å². The van der Waals surface area contributed by atoms with Crippen LogP contribution in [0.5, 0.6) is 0 Å². The molecule has 4 heteroatoms. The highest BCUT2D eigenvalue weighted by Gasteiger charge is 2.21. The fraction of sp³-hybridized carbons (Fsp3) is 0.944. The van der Waals surface area contributed by atoms with Gasteiger partial charge in [-0.15, -0.1) is 0 Å². The Balaban J connectivity index is 0.000000433. The Labute approximate surface area is 138 Å². The van der Waals surface area contributed by atoms with E-state index in [4.69, 9.17) is 4.74 Å². The number of esters is 1. The van der Waals surface area contributed by atoms with E-state index in [9.17, 15) is 4.79 Å². The molecular weight excluding hydrogens is 276 g/mol. The van der Waals surface area contributed by atoms with Crippen molar-refractivity contribution < 1.29 is 9.53 Å². The van der Waals surface area contributed by atoms with Gasteiger partial charge in [-0.25, -0.2) is 0 Å². The molecule has 0 saturated carbocycles. The normalized spacial score (nSPS) is 16.7. The SMILES string of the molecule is CCC(=O)OC(C)(C)C.CCCC(C)(C)CN1CCNCC1. The molecule has 1 fully saturated rings. The highest BCUT2D eigenvalue weighted by molar-refractivity contribution is 5.69. The number of hydrogen-bond donors (Lipinski definition) is 1. The largest absolute Gasteiger partial charge is 0.460 e. The van der Waals surface area contributed by atoms with Crippen molar-refractivity contribution in [1.82, 2.24) is 10.2 Å². The van der Waals surface area contributed by atoms with Gasteiger partial charge in [0.15, 0.2) is 0 Å². The molecule has 0 aromatic heterocycles. The molecule has 0 radical (unpaired) electrons. The van der Waals surface area contributed by atoms with Crippen LogP contribution in [0.3, 0.4) is 0 Å². The number of nitrogens with one attached hydrogen (secondary N) is 1. The van der Waals surface area contributed by atoms with Crippen LogP contribution in [-0.4, -0.2) is 49.2 Å². The first-order valence-electron chi connectivity index (χ1n) is 8.74. The number of rotatable bonds is 5. The van der Waals surface area contributed by atoms with Gasteiger partial charge in [-0.1, -0.05) is 34.1 Å². The first kappa shape index (κ1) is 21.4. The van der Waals surface area contributed by atoms with E-state index in [0.29, 0.717) is 11.8 Å². The average Bonchev–Trinajstić information content (AvgIpc) is 2.38. The first-order valence-corrected chi connectivity index (χ1v) is 8.74. The molecule has 0 aromatic carbocycles. The van der Waals surface area contributed by atoms with Crippen molar-refractivity contribution in [3.63, 3.8) is 0 Å². The van der Waals surface area contributed by atoms with E-state index in [1.54, 1.807) is 6.92 Å². The van der Waals surface area contributed by atoms with Crippen molar-refractivity contribution in [2.24, 2.45) is 5.41 Å². The standard InChI is InChI=1S/C11H24N2.C7H14O2/c1-4-5-11(2,3)10-13-8-6-12-7-9-13;1-5-6(8)9-7(2,3)4/h12H,4-10H2,1-3H3;5H2,1-4H3. The van der Waals surface area contributed by atoms with Crippen LogP contribution < -0.4 is 5.32 Å². The summed E-state index contributed by atoms with van der Waals surface area (Å²) in [6, 6.07) is 0. The minimum absolute atomic E-state index is 0.137. The molecule has 1 aliphatic rings. The van der Waals surface area contributed by atoms with Crippen molar-refractivity contribution >= 4 is 5.97 Å². The zero-order chi connectivity index (χ0) is 17.2. The summed E-state index contributed by atoms with van der Waals surface area (Å²) in [5.41, 5.74) is 0.180. The molecule has 132 valence electrons. The lowest BCUT2D eigenvalue weighted by atomic mass is 9.87. The maximum Gasteiger partial charge on any atom is 0.306 e. The third-order valence-electron chi connectivity index (χ3n) is 3.50. The number of piperazine rings is 1. The Morgan fingerprint density at radius 3 is 2.00 bits per heavy atom. The molecule has 1 N–H and O–H groups in total. The fourth-order valence-electron chi connectivity index (χ4n) is 2.64. The van der Waals surface area contributed by atoms with Crippen molar-refractivity contribution in [2.75, 3.05) is 32.7 Å². The smallest absolute Gasteiger partial charge is 0.306 e. The Morgan fingerprint density at radius 2 is 1.64 bits per heavy atom. The highest BCUT2D eigenvalue weighted by Crippen LogP contribution is 2.23. The number of carbonyl (C=O) groups is 1. The summed E-state index contributed by atoms with van der Waals surface area (Å²) in [6.07, 6.45) is 3.10. The van der Waals surface area contributed by atoms with Crippen molar-refractivity contribution in [2.45, 2.75) is 73.3 Å². The van der Waals surface area contributed by atoms with E-state index >= 15 is 0 Å². The molecule has 22 heavy (non-hydrogen) atoms. The predicted octanol–water partition coefficient (Wildman–Crippen LogP) is 3.46. The van der Waals surface area contributed by atoms with Crippen LogP contribution in [0.25, 0.3) is 0 Å². The monoisotopic (exact) mass is 314 g/mol. The summed E-state index contributed by atoms with van der Waals surface area (Å²) >= 11 is 0. The molecule has 1 rings (SSSR count). The number of ether oxygens (including phenoxy) is 1. The average molecular weight is 315 g/mol. The Hall–Kier alpha value is -0.610. The van der Waals surface area contributed by atoms with Crippen LogP contribution in [0.1, 0.15) is 67.7 Å². The second-order valence-electron chi connectivity index (χ2n) is 7.88. The maximum atomic E-state index is 10.6. The molecule has 4 nitrogen and oxygen atoms in total. The Kier molecular flexibility index (Phi) is 9.94. The van der Waals surface area contributed by atoms with Crippen LogP contribution in [0, 0.1) is 5.41 Å². The summed E-state index contributed by atoms with van der Waals surface area (Å²) in [5.74, 6) is -0.137. The van der Waals surface area contributed by atoms with Crippen LogP contribution in [0.4, 0.5) is 0 Å². The predicted molar refractivity (Wildman–Crippen MR) is 94.1 cm³/mol. The van der Waals surface area contributed by atoms with Crippen molar-refractivity contribution in [1.29, 1.82) is 0 Å². The third kappa shape index (κ3) is 12.0. The zero-order valence-corrected chi connectivity index (χ0v) is 15.9. The van der Waals surface area contributed by atoms with Gasteiger partial charge in [-0.3, -0.25) is 4.79 Å². The van der Waals surface area contributed by atoms with Gasteiger partial charge in [0.2, 0.25) is 0 Å². The van der Waals surface area contributed by atoms with Gasteiger partial charge < -0.3 is 15.0 Å². The number of hydrogen-bond acceptors (Lipinski definition) is 4. The van der Waals surface area contributed by atoms with Crippen LogP contribution in [0.15, 0.2) is 0 Å². The number of nitrogens with zero attached hydrogens (tertiary/aromatic N) is 1. The summed E-state index contributed by atoms with van der Waals surface area (Å²) in [5, 5.41) is 3.39. The van der Waals surface area contributed by atoms with Gasteiger partial charge in [0.25, 0.3) is 0 Å². The lowest BCUT2D eigenvalue weighted by Crippen LogP contribution is -2.46. The molecule has 0 spiro atoms. The Bertz CT molecular complexity index is 303. The van der Waals surface area contributed by atoms with E-state index in [0.717, 1.165) is 0 Å². The van der Waals surface area contributed by atoms with Crippen molar-refractivity contribution in [3.8, 4) is 0 Å². The van der Waals surface area contributed by atoms with Crippen LogP contribution in [-0.2, 0) is 9.53 Å². The van der Waals surface area contributed by atoms with Gasteiger partial charge in [0.1, 0.15) is 5.60 Å². The molecule has 0 bridgehead atoms. The van der Waals surface area contributed by atoms with Gasteiger partial charge in [-0.05, 0) is 32.6 Å². The quantitative estimate of drug-likeness (QED) is 0.789. The van der Waals surface area contributed by atoms with E-state index in [1.807, 2.05) is 20.8 Å². The second kappa shape index (κ2) is 10.2. The van der Waals surface area contributed by atoms with E-state index in [1.165, 1.54) is 45.6 Å². The minimum atomic E-state index is -0.326. The fourth-order valence-corrected chi connectivity index (χ4v) is 2.64. The minimum Gasteiger partial charge on any atom is -0.460 e. The first-order chi connectivity index (χ1) is 10.1. The lowest BCUT2D eigenvalue weighted by Gasteiger charge is -2.35. The second-order valence-corrected chi connectivity index (χ2v) is 7.88. The number of carbonyl (C=O) groups excluding carboxylic acids is 1. The van der Waals surface area contributed by atoms with E-state index in [-0.39, 0.29) is 11.6 Å². The van der Waals surface area contributed by atoms with Gasteiger partial charge in [0.05, 0.1) is 0 Å². The third-order valence-corrected chi connectivity index (χ3v) is 3.50. The van der Waals surface area contributed by atoms with Gasteiger partial charge in [0, 0.05) is 39.1 Å². The molecule has 0 aromatic rings. The summed E-state index contributed by atoms with van der Waals surface area (Å²) < 4.78 is 4.95. The maximum absolute atomic E-state index is 10.6. The molecule has 0 atom stereocenters. The molecule has 1 aliphatic heterocycles. The molecule has 1 saturated heterocycles. The molecule has 0 amide bonds. The van der Waals surface area contributed by atoms with E-state index < -0.39 is 0 Å². The Morgan fingerprint density at radius 1 is 1.09 bits per heavy atom. The molecule has 0 aliphatic carbocycles. The topological polar surface area (TPSA) is 41.6 Å². The molecule has 0 unspecified atom stereocenters. The van der Waals surface area contributed by atoms with Gasteiger partial charge >= 0.3 is 5.97 Å².